The second-order valence-corrected chi connectivity index (χ2v) is 6.26. The molecule has 1 amide bonds. The normalized spacial score (nSPS) is 10.7. The quantitative estimate of drug-likeness (QED) is 0.378. The Balaban J connectivity index is 1.49. The Bertz CT molecular complexity index is 1130. The number of H-pyrrole nitrogens is 1. The highest BCUT2D eigenvalue weighted by Gasteiger charge is 2.11. The molecule has 0 saturated carbocycles. The van der Waals surface area contributed by atoms with E-state index in [0.29, 0.717) is 28.1 Å². The van der Waals surface area contributed by atoms with E-state index in [1.54, 1.807) is 54.6 Å². The van der Waals surface area contributed by atoms with Crippen LogP contribution in [-0.2, 0) is 0 Å². The molecule has 1 aromatic heterocycles. The molecule has 1 heterocycles. The number of nitrogen functional groups attached to an aromatic ring is 1. The second-order valence-electron chi connectivity index (χ2n) is 6.26. The predicted molar refractivity (Wildman–Crippen MR) is 107 cm³/mol. The topological polar surface area (TPSA) is 88.0 Å². The minimum Gasteiger partial charge on any atom is -0.399 e. The third kappa shape index (κ3) is 3.43. The fourth-order valence-corrected chi connectivity index (χ4v) is 2.90. The monoisotopic (exact) mass is 355 g/mol. The lowest BCUT2D eigenvalue weighted by Gasteiger charge is -2.07. The van der Waals surface area contributed by atoms with Gasteiger partial charge in [-0.3, -0.25) is 9.59 Å². The summed E-state index contributed by atoms with van der Waals surface area (Å²) in [5, 5.41) is 3.83. The van der Waals surface area contributed by atoms with Gasteiger partial charge in [-0.15, -0.1) is 0 Å². The molecule has 0 atom stereocenters. The van der Waals surface area contributed by atoms with Crippen LogP contribution in [-0.4, -0.2) is 16.7 Å². The van der Waals surface area contributed by atoms with Gasteiger partial charge < -0.3 is 16.0 Å². The van der Waals surface area contributed by atoms with Gasteiger partial charge in [0, 0.05) is 45.2 Å². The maximum Gasteiger partial charge on any atom is 0.255 e. The third-order valence-corrected chi connectivity index (χ3v) is 4.39. The largest absolute Gasteiger partial charge is 0.399 e. The first-order valence-electron chi connectivity index (χ1n) is 8.49. The van der Waals surface area contributed by atoms with Crippen molar-refractivity contribution in [2.24, 2.45) is 0 Å². The molecule has 0 aliphatic heterocycles. The molecule has 27 heavy (non-hydrogen) atoms. The van der Waals surface area contributed by atoms with Crippen molar-refractivity contribution in [3.05, 3.63) is 95.7 Å². The molecule has 5 heteroatoms. The van der Waals surface area contributed by atoms with Crippen LogP contribution in [0.4, 0.5) is 11.4 Å². The Hall–Kier alpha value is -3.86. The molecular weight excluding hydrogens is 338 g/mol. The first-order chi connectivity index (χ1) is 13.1. The molecule has 0 spiro atoms. The predicted octanol–water partition coefficient (Wildman–Crippen LogP) is 4.23. The highest BCUT2D eigenvalue weighted by molar-refractivity contribution is 6.10. The molecule has 4 N–H and O–H groups in total. The van der Waals surface area contributed by atoms with Crippen LogP contribution < -0.4 is 11.1 Å². The van der Waals surface area contributed by atoms with Gasteiger partial charge in [-0.1, -0.05) is 0 Å². The fourth-order valence-electron chi connectivity index (χ4n) is 2.90. The van der Waals surface area contributed by atoms with E-state index >= 15 is 0 Å². The molecule has 0 radical (unpaired) electrons. The fraction of sp³-hybridized carbons (Fsp3) is 0. The van der Waals surface area contributed by atoms with E-state index in [4.69, 9.17) is 5.73 Å². The van der Waals surface area contributed by atoms with Gasteiger partial charge in [0.05, 0.1) is 0 Å². The van der Waals surface area contributed by atoms with Gasteiger partial charge in [0.25, 0.3) is 5.91 Å². The summed E-state index contributed by atoms with van der Waals surface area (Å²) in [4.78, 5) is 28.0. The summed E-state index contributed by atoms with van der Waals surface area (Å²) in [6, 6.07) is 21.0. The zero-order valence-electron chi connectivity index (χ0n) is 14.4. The highest BCUT2D eigenvalue weighted by Crippen LogP contribution is 2.18. The Morgan fingerprint density at radius 2 is 1.41 bits per heavy atom. The van der Waals surface area contributed by atoms with Gasteiger partial charge in [0.1, 0.15) is 0 Å². The number of benzene rings is 3. The van der Waals surface area contributed by atoms with Gasteiger partial charge >= 0.3 is 0 Å². The minimum absolute atomic E-state index is 0.0919. The van der Waals surface area contributed by atoms with Crippen LogP contribution in [0.5, 0.6) is 0 Å². The lowest BCUT2D eigenvalue weighted by Crippen LogP contribution is -2.12. The Labute approximate surface area is 155 Å². The van der Waals surface area contributed by atoms with Gasteiger partial charge in [-0.25, -0.2) is 0 Å². The molecule has 0 unspecified atom stereocenters. The van der Waals surface area contributed by atoms with E-state index in [2.05, 4.69) is 10.3 Å². The number of hydrogen-bond acceptors (Lipinski definition) is 3. The van der Waals surface area contributed by atoms with Crippen LogP contribution in [0, 0.1) is 0 Å². The summed E-state index contributed by atoms with van der Waals surface area (Å²) >= 11 is 0. The number of anilines is 2. The summed E-state index contributed by atoms with van der Waals surface area (Å²) < 4.78 is 0. The van der Waals surface area contributed by atoms with Crippen molar-refractivity contribution in [2.75, 3.05) is 11.1 Å². The average molecular weight is 355 g/mol. The first-order valence-corrected chi connectivity index (χ1v) is 8.49. The SMILES string of the molecule is Nc1ccc(C(=O)c2ccc(NC(=O)c3ccc4[nH]ccc4c3)cc2)cc1. The molecule has 5 nitrogen and oxygen atoms in total. The van der Waals surface area contributed by atoms with Crippen LogP contribution in [0.1, 0.15) is 26.3 Å². The number of ketones is 1. The van der Waals surface area contributed by atoms with E-state index < -0.39 is 0 Å². The van der Waals surface area contributed by atoms with Crippen molar-refractivity contribution >= 4 is 34.0 Å². The highest BCUT2D eigenvalue weighted by atomic mass is 16.1. The molecule has 0 bridgehead atoms. The van der Waals surface area contributed by atoms with Crippen molar-refractivity contribution in [2.45, 2.75) is 0 Å². The second kappa shape index (κ2) is 6.80. The van der Waals surface area contributed by atoms with E-state index in [0.717, 1.165) is 10.9 Å². The van der Waals surface area contributed by atoms with E-state index in [1.807, 2.05) is 24.4 Å². The van der Waals surface area contributed by atoms with Crippen LogP contribution >= 0.6 is 0 Å². The molecule has 3 aromatic carbocycles. The number of fused-ring (bicyclic) bond motifs is 1. The zero-order valence-corrected chi connectivity index (χ0v) is 14.4. The number of amides is 1. The summed E-state index contributed by atoms with van der Waals surface area (Å²) in [6.45, 7) is 0. The number of carbonyl (C=O) groups is 2. The van der Waals surface area contributed by atoms with Crippen molar-refractivity contribution < 1.29 is 9.59 Å². The summed E-state index contributed by atoms with van der Waals surface area (Å²) in [5.74, 6) is -0.290. The van der Waals surface area contributed by atoms with Crippen LogP contribution in [0.2, 0.25) is 0 Å². The molecular formula is C22H17N3O2. The van der Waals surface area contributed by atoms with Crippen LogP contribution in [0.25, 0.3) is 10.9 Å². The molecule has 0 fully saturated rings. The maximum absolute atomic E-state index is 12.5. The van der Waals surface area contributed by atoms with Gasteiger partial charge in [-0.2, -0.15) is 0 Å². The summed E-state index contributed by atoms with van der Waals surface area (Å²) in [6.07, 6.45) is 1.84. The Morgan fingerprint density at radius 1 is 0.778 bits per heavy atom. The molecule has 0 aliphatic rings. The average Bonchev–Trinajstić information content (AvgIpc) is 3.16. The first kappa shape index (κ1) is 16.6. The molecule has 0 saturated heterocycles. The smallest absolute Gasteiger partial charge is 0.255 e. The van der Waals surface area contributed by atoms with E-state index in [9.17, 15) is 9.59 Å². The minimum atomic E-state index is -0.198. The number of nitrogens with one attached hydrogen (secondary N) is 2. The van der Waals surface area contributed by atoms with Crippen LogP contribution in [0.15, 0.2) is 79.0 Å². The van der Waals surface area contributed by atoms with Crippen LogP contribution in [0.3, 0.4) is 0 Å². The molecule has 0 aliphatic carbocycles. The van der Waals surface area contributed by atoms with Crippen molar-refractivity contribution in [1.82, 2.24) is 4.98 Å². The third-order valence-electron chi connectivity index (χ3n) is 4.39. The van der Waals surface area contributed by atoms with Gasteiger partial charge in [0.2, 0.25) is 0 Å². The number of aromatic nitrogens is 1. The lowest BCUT2D eigenvalue weighted by molar-refractivity contribution is 0.102. The molecule has 132 valence electrons. The van der Waals surface area contributed by atoms with Crippen molar-refractivity contribution in [3.8, 4) is 0 Å². The summed E-state index contributed by atoms with van der Waals surface area (Å²) in [7, 11) is 0. The zero-order chi connectivity index (χ0) is 18.8. The maximum atomic E-state index is 12.5. The summed E-state index contributed by atoms with van der Waals surface area (Å²) in [5.41, 5.74) is 9.57. The Morgan fingerprint density at radius 3 is 2.11 bits per heavy atom. The van der Waals surface area contributed by atoms with E-state index in [1.165, 1.54) is 0 Å². The van der Waals surface area contributed by atoms with Gasteiger partial charge in [0.15, 0.2) is 5.78 Å². The molecule has 4 rings (SSSR count). The van der Waals surface area contributed by atoms with Crippen molar-refractivity contribution in [1.29, 1.82) is 0 Å². The Kier molecular flexibility index (Phi) is 4.18. The number of hydrogen-bond donors (Lipinski definition) is 3. The standard InChI is InChI=1S/C22H17N3O2/c23-18-6-1-14(2-7-18)21(26)15-3-8-19(9-4-15)25-22(27)17-5-10-20-16(13-17)11-12-24-20/h1-13,24H,23H2,(H,25,27). The number of aromatic amines is 1. The lowest BCUT2D eigenvalue weighted by atomic mass is 10.0. The number of carbonyl (C=O) groups excluding carboxylic acids is 2. The molecule has 4 aromatic rings. The van der Waals surface area contributed by atoms with Gasteiger partial charge in [-0.05, 0) is 72.8 Å². The van der Waals surface area contributed by atoms with E-state index in [-0.39, 0.29) is 11.7 Å². The van der Waals surface area contributed by atoms with Crippen molar-refractivity contribution in [3.63, 3.8) is 0 Å². The number of rotatable bonds is 4. The number of nitrogens with two attached hydrogens (primary N) is 1.